The number of nitrogen functional groups attached to an aromatic ring is 1. The van der Waals surface area contributed by atoms with E-state index in [2.05, 4.69) is 50.0 Å². The van der Waals surface area contributed by atoms with Crippen molar-refractivity contribution in [2.24, 2.45) is 0 Å². The monoisotopic (exact) mass is 279 g/mol. The van der Waals surface area contributed by atoms with Crippen LogP contribution in [0.25, 0.3) is 11.0 Å². The van der Waals surface area contributed by atoms with Crippen LogP contribution in [0.15, 0.2) is 36.4 Å². The molecular formula is C18H21N3. The highest BCUT2D eigenvalue weighted by Gasteiger charge is 2.11. The molecule has 0 fully saturated rings. The summed E-state index contributed by atoms with van der Waals surface area (Å²) in [6, 6.07) is 12.4. The lowest BCUT2D eigenvalue weighted by Crippen LogP contribution is -2.00. The lowest BCUT2D eigenvalue weighted by atomic mass is 9.97. The SMILES string of the molecule is Cc1cc(C)c2nc(CC(C)c3ccc(N)cc3)[nH]c2c1. The first-order valence-corrected chi connectivity index (χ1v) is 7.34. The number of benzene rings is 2. The Labute approximate surface area is 125 Å². The fourth-order valence-electron chi connectivity index (χ4n) is 2.85. The van der Waals surface area contributed by atoms with E-state index in [1.165, 1.54) is 16.7 Å². The Bertz CT molecular complexity index is 769. The second-order valence-electron chi connectivity index (χ2n) is 5.93. The van der Waals surface area contributed by atoms with E-state index in [-0.39, 0.29) is 0 Å². The molecule has 0 radical (unpaired) electrons. The van der Waals surface area contributed by atoms with Crippen LogP contribution in [0.4, 0.5) is 5.69 Å². The number of aromatic amines is 1. The third-order valence-corrected chi connectivity index (χ3v) is 3.98. The van der Waals surface area contributed by atoms with Crippen molar-refractivity contribution in [3.8, 4) is 0 Å². The number of fused-ring (bicyclic) bond motifs is 1. The molecule has 1 heterocycles. The van der Waals surface area contributed by atoms with Crippen LogP contribution in [0, 0.1) is 13.8 Å². The highest BCUT2D eigenvalue weighted by Crippen LogP contribution is 2.23. The van der Waals surface area contributed by atoms with Crippen molar-refractivity contribution in [2.45, 2.75) is 33.1 Å². The molecule has 3 N–H and O–H groups in total. The summed E-state index contributed by atoms with van der Waals surface area (Å²) < 4.78 is 0. The topological polar surface area (TPSA) is 54.7 Å². The van der Waals surface area contributed by atoms with E-state index in [1.807, 2.05) is 12.1 Å². The van der Waals surface area contributed by atoms with Crippen LogP contribution in [-0.4, -0.2) is 9.97 Å². The van der Waals surface area contributed by atoms with Gasteiger partial charge < -0.3 is 10.7 Å². The second kappa shape index (κ2) is 5.24. The van der Waals surface area contributed by atoms with E-state index >= 15 is 0 Å². The zero-order valence-electron chi connectivity index (χ0n) is 12.8. The molecule has 0 spiro atoms. The van der Waals surface area contributed by atoms with E-state index < -0.39 is 0 Å². The molecule has 2 aromatic carbocycles. The number of hydrogen-bond acceptors (Lipinski definition) is 2. The summed E-state index contributed by atoms with van der Waals surface area (Å²) in [5.74, 6) is 1.45. The minimum Gasteiger partial charge on any atom is -0.399 e. The number of nitrogens with zero attached hydrogens (tertiary/aromatic N) is 1. The van der Waals surface area contributed by atoms with Crippen LogP contribution in [0.5, 0.6) is 0 Å². The van der Waals surface area contributed by atoms with Gasteiger partial charge in [-0.3, -0.25) is 0 Å². The molecule has 0 aliphatic rings. The van der Waals surface area contributed by atoms with Gasteiger partial charge in [0, 0.05) is 12.1 Å². The van der Waals surface area contributed by atoms with Gasteiger partial charge in [-0.2, -0.15) is 0 Å². The predicted octanol–water partition coefficient (Wildman–Crippen LogP) is 4.11. The van der Waals surface area contributed by atoms with Gasteiger partial charge in [0.1, 0.15) is 5.82 Å². The lowest BCUT2D eigenvalue weighted by Gasteiger charge is -2.10. The third-order valence-electron chi connectivity index (χ3n) is 3.98. The molecule has 1 atom stereocenters. The number of aryl methyl sites for hydroxylation is 2. The summed E-state index contributed by atoms with van der Waals surface area (Å²) >= 11 is 0. The highest BCUT2D eigenvalue weighted by atomic mass is 14.9. The quantitative estimate of drug-likeness (QED) is 0.709. The number of nitrogens with one attached hydrogen (secondary N) is 1. The van der Waals surface area contributed by atoms with Gasteiger partial charge in [0.2, 0.25) is 0 Å². The Balaban J connectivity index is 1.87. The third kappa shape index (κ3) is 2.77. The molecule has 108 valence electrons. The van der Waals surface area contributed by atoms with Gasteiger partial charge in [0.05, 0.1) is 11.0 Å². The Morgan fingerprint density at radius 2 is 1.86 bits per heavy atom. The van der Waals surface area contributed by atoms with Crippen molar-refractivity contribution in [3.63, 3.8) is 0 Å². The Morgan fingerprint density at radius 1 is 1.14 bits per heavy atom. The first kappa shape index (κ1) is 13.7. The van der Waals surface area contributed by atoms with E-state index in [0.29, 0.717) is 5.92 Å². The molecule has 0 bridgehead atoms. The van der Waals surface area contributed by atoms with Crippen molar-refractivity contribution in [2.75, 3.05) is 5.73 Å². The molecular weight excluding hydrogens is 258 g/mol. The number of hydrogen-bond donors (Lipinski definition) is 2. The molecule has 0 amide bonds. The summed E-state index contributed by atoms with van der Waals surface area (Å²) in [4.78, 5) is 8.21. The van der Waals surface area contributed by atoms with Crippen molar-refractivity contribution >= 4 is 16.7 Å². The minimum absolute atomic E-state index is 0.410. The Morgan fingerprint density at radius 3 is 2.57 bits per heavy atom. The standard InChI is InChI=1S/C18H21N3/c1-11-8-13(3)18-16(9-11)20-17(21-18)10-12(2)14-4-6-15(19)7-5-14/h4-9,12H,10,19H2,1-3H3,(H,20,21). The molecule has 0 aliphatic heterocycles. The largest absolute Gasteiger partial charge is 0.399 e. The number of imidazole rings is 1. The predicted molar refractivity (Wildman–Crippen MR) is 88.5 cm³/mol. The van der Waals surface area contributed by atoms with Crippen LogP contribution >= 0.6 is 0 Å². The molecule has 3 aromatic rings. The number of anilines is 1. The van der Waals surface area contributed by atoms with Crippen molar-refractivity contribution < 1.29 is 0 Å². The molecule has 0 saturated carbocycles. The van der Waals surface area contributed by atoms with Gasteiger partial charge in [-0.25, -0.2) is 4.98 Å². The van der Waals surface area contributed by atoms with Crippen LogP contribution in [0.3, 0.4) is 0 Å². The second-order valence-corrected chi connectivity index (χ2v) is 5.93. The van der Waals surface area contributed by atoms with Gasteiger partial charge in [0.15, 0.2) is 0 Å². The van der Waals surface area contributed by atoms with Gasteiger partial charge in [0.25, 0.3) is 0 Å². The highest BCUT2D eigenvalue weighted by molar-refractivity contribution is 5.79. The van der Waals surface area contributed by atoms with Crippen LogP contribution < -0.4 is 5.73 Å². The molecule has 1 aromatic heterocycles. The molecule has 21 heavy (non-hydrogen) atoms. The van der Waals surface area contributed by atoms with E-state index in [0.717, 1.165) is 29.0 Å². The van der Waals surface area contributed by atoms with E-state index in [9.17, 15) is 0 Å². The number of nitrogens with two attached hydrogens (primary N) is 1. The summed E-state index contributed by atoms with van der Waals surface area (Å²) in [6.07, 6.45) is 0.900. The summed E-state index contributed by atoms with van der Waals surface area (Å²) in [5, 5.41) is 0. The smallest absolute Gasteiger partial charge is 0.107 e. The van der Waals surface area contributed by atoms with Gasteiger partial charge >= 0.3 is 0 Å². The fraction of sp³-hybridized carbons (Fsp3) is 0.278. The maximum absolute atomic E-state index is 5.74. The zero-order chi connectivity index (χ0) is 15.0. The first-order chi connectivity index (χ1) is 10.0. The van der Waals surface area contributed by atoms with Crippen molar-refractivity contribution in [1.29, 1.82) is 0 Å². The lowest BCUT2D eigenvalue weighted by molar-refractivity contribution is 0.729. The van der Waals surface area contributed by atoms with E-state index in [4.69, 9.17) is 10.7 Å². The average Bonchev–Trinajstić information content (AvgIpc) is 2.82. The molecule has 0 saturated heterocycles. The van der Waals surface area contributed by atoms with Gasteiger partial charge in [-0.1, -0.05) is 25.1 Å². The number of rotatable bonds is 3. The molecule has 3 heteroatoms. The molecule has 3 rings (SSSR count). The van der Waals surface area contributed by atoms with Gasteiger partial charge in [-0.15, -0.1) is 0 Å². The Kier molecular flexibility index (Phi) is 3.42. The Hall–Kier alpha value is -2.29. The van der Waals surface area contributed by atoms with Crippen LogP contribution in [0.2, 0.25) is 0 Å². The van der Waals surface area contributed by atoms with Crippen LogP contribution in [0.1, 0.15) is 35.4 Å². The molecule has 0 aliphatic carbocycles. The average molecular weight is 279 g/mol. The fourth-order valence-corrected chi connectivity index (χ4v) is 2.85. The normalized spacial score (nSPS) is 12.7. The summed E-state index contributed by atoms with van der Waals surface area (Å²) in [5.41, 5.74) is 12.5. The number of aromatic nitrogens is 2. The van der Waals surface area contributed by atoms with Gasteiger partial charge in [-0.05, 0) is 54.7 Å². The molecule has 1 unspecified atom stereocenters. The van der Waals surface area contributed by atoms with Crippen molar-refractivity contribution in [3.05, 3.63) is 58.9 Å². The van der Waals surface area contributed by atoms with Crippen LogP contribution in [-0.2, 0) is 6.42 Å². The first-order valence-electron chi connectivity index (χ1n) is 7.34. The van der Waals surface area contributed by atoms with E-state index in [1.54, 1.807) is 0 Å². The zero-order valence-corrected chi connectivity index (χ0v) is 12.8. The maximum atomic E-state index is 5.74. The summed E-state index contributed by atoms with van der Waals surface area (Å²) in [7, 11) is 0. The molecule has 3 nitrogen and oxygen atoms in total. The number of H-pyrrole nitrogens is 1. The minimum atomic E-state index is 0.410. The maximum Gasteiger partial charge on any atom is 0.107 e. The van der Waals surface area contributed by atoms with Crippen molar-refractivity contribution in [1.82, 2.24) is 9.97 Å². The summed E-state index contributed by atoms with van der Waals surface area (Å²) in [6.45, 7) is 6.45.